The lowest BCUT2D eigenvalue weighted by Crippen LogP contribution is -1.82. The van der Waals surface area contributed by atoms with Crippen LogP contribution < -0.4 is 0 Å². The molecule has 1 aromatic rings. The number of phenolic OH excluding ortho intramolecular Hbond substituents is 1. The van der Waals surface area contributed by atoms with Gasteiger partial charge in [-0.25, -0.2) is 9.90 Å². The highest BCUT2D eigenvalue weighted by atomic mass is 16.4. The van der Waals surface area contributed by atoms with Crippen molar-refractivity contribution in [1.82, 2.24) is 0 Å². The average molecular weight is 163 g/mol. The average Bonchev–Trinajstić information content (AvgIpc) is 2.03. The Kier molecular flexibility index (Phi) is 2.48. The smallest absolute Gasteiger partial charge is 0.379 e. The zero-order chi connectivity index (χ0) is 8.97. The molecule has 1 aromatic carbocycles. The first kappa shape index (κ1) is 8.33. The van der Waals surface area contributed by atoms with Gasteiger partial charge in [-0.3, -0.25) is 0 Å². The number of rotatable bonds is 2. The van der Waals surface area contributed by atoms with Crippen LogP contribution in [0.3, 0.4) is 0 Å². The quantitative estimate of drug-likeness (QED) is 0.669. The highest BCUT2D eigenvalue weighted by Gasteiger charge is 1.91. The fraction of sp³-hybridized carbons (Fsp3) is 0. The Balaban J connectivity index is 2.77. The second-order valence-corrected chi connectivity index (χ2v) is 2.24. The number of benzene rings is 1. The van der Waals surface area contributed by atoms with Crippen molar-refractivity contribution in [3.05, 3.63) is 35.9 Å². The maximum atomic E-state index is 9.99. The van der Waals surface area contributed by atoms with Crippen molar-refractivity contribution < 1.29 is 15.0 Å². The molecule has 0 spiro atoms. The standard InChI is InChI=1S/C9H7O3/c10-8-4-1-7(2-5-8)3-6-9(11)12/h1-6,10H/b6-3+. The van der Waals surface area contributed by atoms with E-state index in [1.54, 1.807) is 12.1 Å². The van der Waals surface area contributed by atoms with Crippen molar-refractivity contribution in [2.24, 2.45) is 0 Å². The van der Waals surface area contributed by atoms with Crippen molar-refractivity contribution in [2.45, 2.75) is 0 Å². The summed E-state index contributed by atoms with van der Waals surface area (Å²) in [6.07, 6.45) is 2.33. The van der Waals surface area contributed by atoms with Gasteiger partial charge >= 0.3 is 5.97 Å². The Morgan fingerprint density at radius 1 is 1.25 bits per heavy atom. The zero-order valence-electron chi connectivity index (χ0n) is 6.23. The first-order valence-corrected chi connectivity index (χ1v) is 3.36. The molecule has 0 fully saturated rings. The minimum absolute atomic E-state index is 0.153. The summed E-state index contributed by atoms with van der Waals surface area (Å²) in [5.41, 5.74) is 0.706. The lowest BCUT2D eigenvalue weighted by Gasteiger charge is -1.91. The fourth-order valence-electron chi connectivity index (χ4n) is 0.750. The minimum atomic E-state index is -1.23. The van der Waals surface area contributed by atoms with Gasteiger partial charge in [0.1, 0.15) is 5.75 Å². The summed E-state index contributed by atoms with van der Waals surface area (Å²) in [6.45, 7) is 0. The molecule has 3 nitrogen and oxygen atoms in total. The topological polar surface area (TPSA) is 57.2 Å². The first-order chi connectivity index (χ1) is 5.68. The van der Waals surface area contributed by atoms with E-state index >= 15 is 0 Å². The molecule has 12 heavy (non-hydrogen) atoms. The summed E-state index contributed by atoms with van der Waals surface area (Å²) in [5.74, 6) is -1.08. The van der Waals surface area contributed by atoms with Gasteiger partial charge in [-0.1, -0.05) is 12.1 Å². The van der Waals surface area contributed by atoms with Gasteiger partial charge in [0, 0.05) is 6.08 Å². The molecule has 0 unspecified atom stereocenters. The molecule has 0 aliphatic rings. The van der Waals surface area contributed by atoms with Gasteiger partial charge in [-0.2, -0.15) is 0 Å². The molecule has 0 aromatic heterocycles. The zero-order valence-corrected chi connectivity index (χ0v) is 6.23. The van der Waals surface area contributed by atoms with E-state index in [1.807, 2.05) is 0 Å². The number of carbonyl (C=O) groups excluding carboxylic acids is 1. The summed E-state index contributed by atoms with van der Waals surface area (Å²) in [4.78, 5) is 9.99. The molecular weight excluding hydrogens is 156 g/mol. The fourth-order valence-corrected chi connectivity index (χ4v) is 0.750. The molecule has 0 bridgehead atoms. The third-order valence-electron chi connectivity index (χ3n) is 1.30. The SMILES string of the molecule is [O]C(=O)/C=C/c1ccc(O)cc1. The Labute approximate surface area is 69.6 Å². The summed E-state index contributed by atoms with van der Waals surface area (Å²) in [5, 5.41) is 18.9. The van der Waals surface area contributed by atoms with E-state index in [0.717, 1.165) is 6.08 Å². The van der Waals surface area contributed by atoms with E-state index in [0.29, 0.717) is 5.56 Å². The molecule has 0 saturated carbocycles. The van der Waals surface area contributed by atoms with Gasteiger partial charge in [0.15, 0.2) is 0 Å². The van der Waals surface area contributed by atoms with Gasteiger partial charge in [-0.15, -0.1) is 0 Å². The van der Waals surface area contributed by atoms with Gasteiger partial charge in [0.25, 0.3) is 0 Å². The van der Waals surface area contributed by atoms with Crippen LogP contribution in [0.1, 0.15) is 5.56 Å². The molecule has 1 N–H and O–H groups in total. The van der Waals surface area contributed by atoms with Crippen LogP contribution in [0, 0.1) is 0 Å². The van der Waals surface area contributed by atoms with E-state index in [2.05, 4.69) is 0 Å². The summed E-state index contributed by atoms with van der Waals surface area (Å²) in [6, 6.07) is 6.17. The van der Waals surface area contributed by atoms with Crippen LogP contribution in [-0.2, 0) is 9.90 Å². The predicted octanol–water partition coefficient (Wildman–Crippen LogP) is 1.36. The van der Waals surface area contributed by atoms with Crippen molar-refractivity contribution in [3.63, 3.8) is 0 Å². The Hall–Kier alpha value is -1.77. The summed E-state index contributed by atoms with van der Waals surface area (Å²) in [7, 11) is 0. The predicted molar refractivity (Wildman–Crippen MR) is 42.8 cm³/mol. The normalized spacial score (nSPS) is 10.3. The van der Waals surface area contributed by atoms with Gasteiger partial charge < -0.3 is 5.11 Å². The molecule has 0 aliphatic heterocycles. The third kappa shape index (κ3) is 2.46. The Morgan fingerprint density at radius 3 is 2.33 bits per heavy atom. The molecule has 0 aliphatic carbocycles. The molecule has 0 amide bonds. The van der Waals surface area contributed by atoms with Crippen molar-refractivity contribution >= 4 is 12.0 Å². The first-order valence-electron chi connectivity index (χ1n) is 3.36. The van der Waals surface area contributed by atoms with Crippen LogP contribution in [0.25, 0.3) is 6.08 Å². The monoisotopic (exact) mass is 163 g/mol. The molecule has 0 atom stereocenters. The van der Waals surface area contributed by atoms with E-state index < -0.39 is 5.97 Å². The lowest BCUT2D eigenvalue weighted by atomic mass is 10.2. The van der Waals surface area contributed by atoms with Crippen LogP contribution in [0.15, 0.2) is 30.3 Å². The van der Waals surface area contributed by atoms with Gasteiger partial charge in [0.2, 0.25) is 0 Å². The van der Waals surface area contributed by atoms with E-state index in [-0.39, 0.29) is 5.75 Å². The van der Waals surface area contributed by atoms with Crippen molar-refractivity contribution in [2.75, 3.05) is 0 Å². The van der Waals surface area contributed by atoms with Crippen LogP contribution in [0.2, 0.25) is 0 Å². The van der Waals surface area contributed by atoms with E-state index in [4.69, 9.17) is 5.11 Å². The second-order valence-electron chi connectivity index (χ2n) is 2.24. The highest BCUT2D eigenvalue weighted by molar-refractivity contribution is 5.84. The third-order valence-corrected chi connectivity index (χ3v) is 1.30. The molecule has 61 valence electrons. The maximum absolute atomic E-state index is 9.99. The maximum Gasteiger partial charge on any atom is 0.379 e. The van der Waals surface area contributed by atoms with Crippen LogP contribution in [0.4, 0.5) is 0 Å². The number of aromatic hydroxyl groups is 1. The van der Waals surface area contributed by atoms with Gasteiger partial charge in [0.05, 0.1) is 0 Å². The van der Waals surface area contributed by atoms with Crippen LogP contribution >= 0.6 is 0 Å². The van der Waals surface area contributed by atoms with Gasteiger partial charge in [-0.05, 0) is 23.8 Å². The second kappa shape index (κ2) is 3.57. The van der Waals surface area contributed by atoms with Crippen LogP contribution in [0.5, 0.6) is 5.75 Å². The van der Waals surface area contributed by atoms with Crippen molar-refractivity contribution in [3.8, 4) is 5.75 Å². The number of carbonyl (C=O) groups is 1. The summed E-state index contributed by atoms with van der Waals surface area (Å²) >= 11 is 0. The van der Waals surface area contributed by atoms with E-state index in [9.17, 15) is 9.90 Å². The number of phenols is 1. The minimum Gasteiger partial charge on any atom is -0.508 e. The molecule has 1 rings (SSSR count). The van der Waals surface area contributed by atoms with E-state index in [1.165, 1.54) is 18.2 Å². The molecule has 1 radical (unpaired) electrons. The number of hydrogen-bond acceptors (Lipinski definition) is 2. The van der Waals surface area contributed by atoms with Crippen LogP contribution in [-0.4, -0.2) is 11.1 Å². The lowest BCUT2D eigenvalue weighted by molar-refractivity contribution is -0.137. The Bertz CT molecular complexity index is 298. The largest absolute Gasteiger partial charge is 0.508 e. The Morgan fingerprint density at radius 2 is 1.83 bits per heavy atom. The molecule has 3 heteroatoms. The number of hydrogen-bond donors (Lipinski definition) is 1. The molecule has 0 saturated heterocycles. The molecule has 0 heterocycles. The van der Waals surface area contributed by atoms with Crippen molar-refractivity contribution in [1.29, 1.82) is 0 Å². The highest BCUT2D eigenvalue weighted by Crippen LogP contribution is 2.10. The molecular formula is C9H7O3. The summed E-state index contributed by atoms with van der Waals surface area (Å²) < 4.78 is 0.